The molecule has 2 rings (SSSR count). The smallest absolute Gasteiger partial charge is 0.227 e. The maximum absolute atomic E-state index is 12.4. The Morgan fingerprint density at radius 2 is 1.71 bits per heavy atom. The molecule has 1 heterocycles. The number of unbranched alkanes of at least 4 members (excludes halogenated alkanes) is 3. The van der Waals surface area contributed by atoms with E-state index < -0.39 is 0 Å². The zero-order chi connectivity index (χ0) is 18.8. The van der Waals surface area contributed by atoms with Crippen LogP contribution in [0, 0.1) is 0 Å². The van der Waals surface area contributed by atoms with Gasteiger partial charge in [0.25, 0.3) is 0 Å². The van der Waals surface area contributed by atoms with Gasteiger partial charge in [-0.1, -0.05) is 25.0 Å². The third kappa shape index (κ3) is 9.73. The van der Waals surface area contributed by atoms with Crippen LogP contribution in [0.25, 0.3) is 0 Å². The number of halogens is 2. The van der Waals surface area contributed by atoms with Crippen LogP contribution in [0.3, 0.4) is 0 Å². The molecule has 2 amide bonds. The highest BCUT2D eigenvalue weighted by Crippen LogP contribution is 2.14. The largest absolute Gasteiger partial charge is 0.340 e. The Hall–Kier alpha value is -1.34. The van der Waals surface area contributed by atoms with Gasteiger partial charge in [0.2, 0.25) is 11.8 Å². The number of amides is 2. The van der Waals surface area contributed by atoms with Crippen molar-refractivity contribution in [1.29, 1.82) is 0 Å². The molecule has 1 aliphatic rings. The van der Waals surface area contributed by atoms with Crippen LogP contribution < -0.4 is 11.1 Å². The van der Waals surface area contributed by atoms with Crippen LogP contribution in [0.15, 0.2) is 24.3 Å². The zero-order valence-corrected chi connectivity index (χ0v) is 18.3. The van der Waals surface area contributed by atoms with Gasteiger partial charge in [-0.15, -0.1) is 24.8 Å². The molecule has 6 nitrogen and oxygen atoms in total. The number of carbonyl (C=O) groups is 2. The van der Waals surface area contributed by atoms with Gasteiger partial charge in [0.05, 0.1) is 6.42 Å². The van der Waals surface area contributed by atoms with Gasteiger partial charge >= 0.3 is 0 Å². The summed E-state index contributed by atoms with van der Waals surface area (Å²) in [5.74, 6) is 0.182. The fourth-order valence-electron chi connectivity index (χ4n) is 3.11. The molecule has 0 unspecified atom stereocenters. The van der Waals surface area contributed by atoms with Crippen LogP contribution in [-0.2, 0) is 16.0 Å². The average Bonchev–Trinajstić information content (AvgIpc) is 2.62. The highest BCUT2D eigenvalue weighted by molar-refractivity contribution is 5.91. The van der Waals surface area contributed by atoms with Crippen molar-refractivity contribution in [2.45, 2.75) is 38.5 Å². The van der Waals surface area contributed by atoms with Crippen molar-refractivity contribution in [2.75, 3.05) is 45.1 Å². The van der Waals surface area contributed by atoms with Gasteiger partial charge in [0, 0.05) is 38.3 Å². The maximum Gasteiger partial charge on any atom is 0.227 e. The van der Waals surface area contributed by atoms with E-state index in [4.69, 9.17) is 5.73 Å². The van der Waals surface area contributed by atoms with Crippen molar-refractivity contribution in [3.8, 4) is 0 Å². The molecule has 0 saturated carbocycles. The Bertz CT molecular complexity index is 593. The molecule has 1 saturated heterocycles. The van der Waals surface area contributed by atoms with Crippen molar-refractivity contribution < 1.29 is 9.59 Å². The predicted molar refractivity (Wildman–Crippen MR) is 119 cm³/mol. The molecule has 28 heavy (non-hydrogen) atoms. The third-order valence-corrected chi connectivity index (χ3v) is 4.78. The van der Waals surface area contributed by atoms with Crippen LogP contribution in [0.2, 0.25) is 0 Å². The topological polar surface area (TPSA) is 78.7 Å². The number of piperazine rings is 1. The Labute approximate surface area is 181 Å². The van der Waals surface area contributed by atoms with E-state index in [1.165, 1.54) is 0 Å². The standard InChI is InChI=1S/C20H32N4O2.2ClH/c1-23-11-13-24(14-12-23)20(26)16-17-7-6-8-18(15-17)22-19(25)9-4-2-3-5-10-21;;/h6-8,15H,2-5,9-14,16,21H2,1H3,(H,22,25);2*1H. The summed E-state index contributed by atoms with van der Waals surface area (Å²) in [7, 11) is 2.08. The fourth-order valence-corrected chi connectivity index (χ4v) is 3.11. The number of anilines is 1. The maximum atomic E-state index is 12.4. The quantitative estimate of drug-likeness (QED) is 0.587. The zero-order valence-electron chi connectivity index (χ0n) is 16.7. The monoisotopic (exact) mass is 432 g/mol. The number of nitrogens with one attached hydrogen (secondary N) is 1. The molecule has 1 aromatic carbocycles. The fraction of sp³-hybridized carbons (Fsp3) is 0.600. The predicted octanol–water partition coefficient (Wildman–Crippen LogP) is 2.69. The summed E-state index contributed by atoms with van der Waals surface area (Å²) in [5, 5.41) is 2.94. The van der Waals surface area contributed by atoms with Crippen LogP contribution in [-0.4, -0.2) is 61.4 Å². The molecule has 1 aromatic rings. The first-order valence-electron chi connectivity index (χ1n) is 9.63. The van der Waals surface area contributed by atoms with Crippen LogP contribution in [0.1, 0.15) is 37.7 Å². The Kier molecular flexibility index (Phi) is 13.9. The molecular weight excluding hydrogens is 399 g/mol. The lowest BCUT2D eigenvalue weighted by Gasteiger charge is -2.32. The van der Waals surface area contributed by atoms with Gasteiger partial charge in [0.1, 0.15) is 0 Å². The highest BCUT2D eigenvalue weighted by atomic mass is 35.5. The molecule has 0 bridgehead atoms. The van der Waals surface area contributed by atoms with Crippen molar-refractivity contribution in [1.82, 2.24) is 9.80 Å². The van der Waals surface area contributed by atoms with Gasteiger partial charge in [-0.2, -0.15) is 0 Å². The minimum absolute atomic E-state index is 0. The Balaban J connectivity index is 0.00000364. The normalized spacial score (nSPS) is 14.0. The molecule has 8 heteroatoms. The lowest BCUT2D eigenvalue weighted by molar-refractivity contribution is -0.132. The first-order chi connectivity index (χ1) is 12.6. The summed E-state index contributed by atoms with van der Waals surface area (Å²) >= 11 is 0. The summed E-state index contributed by atoms with van der Waals surface area (Å²) in [5.41, 5.74) is 7.17. The number of likely N-dealkylation sites (N-methyl/N-ethyl adjacent to an activating group) is 1. The van der Waals surface area contributed by atoms with E-state index in [-0.39, 0.29) is 36.6 Å². The minimum atomic E-state index is 0. The molecule has 0 radical (unpaired) electrons. The van der Waals surface area contributed by atoms with E-state index in [1.807, 2.05) is 29.2 Å². The van der Waals surface area contributed by atoms with Crippen LogP contribution in [0.4, 0.5) is 5.69 Å². The summed E-state index contributed by atoms with van der Waals surface area (Å²) < 4.78 is 0. The second kappa shape index (κ2) is 14.6. The molecule has 0 spiro atoms. The van der Waals surface area contributed by atoms with E-state index in [0.29, 0.717) is 19.4 Å². The molecule has 0 aromatic heterocycles. The van der Waals surface area contributed by atoms with Gasteiger partial charge in [-0.05, 0) is 44.1 Å². The number of carbonyl (C=O) groups excluding carboxylic acids is 2. The van der Waals surface area contributed by atoms with Gasteiger partial charge in [0.15, 0.2) is 0 Å². The van der Waals surface area contributed by atoms with E-state index in [2.05, 4.69) is 17.3 Å². The molecule has 1 aliphatic heterocycles. The molecule has 0 aliphatic carbocycles. The minimum Gasteiger partial charge on any atom is -0.340 e. The van der Waals surface area contributed by atoms with Gasteiger partial charge in [-0.25, -0.2) is 0 Å². The van der Waals surface area contributed by atoms with E-state index in [9.17, 15) is 9.59 Å². The Morgan fingerprint density at radius 3 is 2.39 bits per heavy atom. The van der Waals surface area contributed by atoms with Crippen molar-refractivity contribution in [3.05, 3.63) is 29.8 Å². The lowest BCUT2D eigenvalue weighted by atomic mass is 10.1. The van der Waals surface area contributed by atoms with E-state index in [1.54, 1.807) is 0 Å². The molecule has 1 fully saturated rings. The molecule has 0 atom stereocenters. The molecule has 160 valence electrons. The van der Waals surface area contributed by atoms with Gasteiger partial charge < -0.3 is 20.9 Å². The number of rotatable bonds is 9. The third-order valence-electron chi connectivity index (χ3n) is 4.78. The highest BCUT2D eigenvalue weighted by Gasteiger charge is 2.19. The summed E-state index contributed by atoms with van der Waals surface area (Å²) in [4.78, 5) is 28.6. The number of nitrogens with zero attached hydrogens (tertiary/aromatic N) is 2. The first kappa shape index (κ1) is 26.7. The molecule has 3 N–H and O–H groups in total. The summed E-state index contributed by atoms with van der Waals surface area (Å²) in [6.07, 6.45) is 4.91. The second-order valence-corrected chi connectivity index (χ2v) is 7.06. The SMILES string of the molecule is CN1CCN(C(=O)Cc2cccc(NC(=O)CCCCCCN)c2)CC1.Cl.Cl. The van der Waals surface area contributed by atoms with Crippen LogP contribution in [0.5, 0.6) is 0 Å². The van der Waals surface area contributed by atoms with E-state index in [0.717, 1.165) is 63.1 Å². The van der Waals surface area contributed by atoms with Crippen molar-refractivity contribution in [3.63, 3.8) is 0 Å². The average molecular weight is 433 g/mol. The van der Waals surface area contributed by atoms with Gasteiger partial charge in [-0.3, -0.25) is 9.59 Å². The summed E-state index contributed by atoms with van der Waals surface area (Å²) in [6, 6.07) is 7.61. The van der Waals surface area contributed by atoms with Crippen molar-refractivity contribution >= 4 is 42.3 Å². The summed E-state index contributed by atoms with van der Waals surface area (Å²) in [6.45, 7) is 4.14. The molecular formula is C20H34Cl2N4O2. The first-order valence-corrected chi connectivity index (χ1v) is 9.63. The number of hydrogen-bond donors (Lipinski definition) is 2. The number of nitrogens with two attached hydrogens (primary N) is 1. The number of hydrogen-bond acceptors (Lipinski definition) is 4. The second-order valence-electron chi connectivity index (χ2n) is 7.06. The number of benzene rings is 1. The Morgan fingerprint density at radius 1 is 1.04 bits per heavy atom. The lowest BCUT2D eigenvalue weighted by Crippen LogP contribution is -2.47. The van der Waals surface area contributed by atoms with Crippen molar-refractivity contribution in [2.24, 2.45) is 5.73 Å². The van der Waals surface area contributed by atoms with E-state index >= 15 is 0 Å². The van der Waals surface area contributed by atoms with Crippen LogP contribution >= 0.6 is 24.8 Å².